The first-order chi connectivity index (χ1) is 15.1. The lowest BCUT2D eigenvalue weighted by molar-refractivity contribution is 0.101. The molecule has 0 spiro atoms. The molecule has 1 fully saturated rings. The van der Waals surface area contributed by atoms with Crippen molar-refractivity contribution in [2.75, 3.05) is 23.3 Å². The third-order valence-corrected chi connectivity index (χ3v) is 5.37. The largest absolute Gasteiger partial charge is 0.356 e. The van der Waals surface area contributed by atoms with Crippen LogP contribution in [0.5, 0.6) is 0 Å². The standard InChI is InChI=1S/C23H19F2N5O/c24-17-4-2-15(3-5-17)14-30-20(11-16-10-18(25)12-27-22(16)30)23(31)28-19-6-7-21(26-13-19)29-8-1-9-29/h2-7,10-13H,1,8-9,14H2,(H,28,31). The Balaban J connectivity index is 1.45. The summed E-state index contributed by atoms with van der Waals surface area (Å²) in [7, 11) is 0. The molecule has 4 aromatic rings. The second kappa shape index (κ2) is 7.79. The minimum absolute atomic E-state index is 0.289. The molecule has 0 atom stereocenters. The monoisotopic (exact) mass is 419 g/mol. The Morgan fingerprint density at radius 1 is 0.968 bits per heavy atom. The average molecular weight is 419 g/mol. The number of rotatable bonds is 5. The molecule has 0 unspecified atom stereocenters. The second-order valence-electron chi connectivity index (χ2n) is 7.51. The number of nitrogens with zero attached hydrogens (tertiary/aromatic N) is 4. The summed E-state index contributed by atoms with van der Waals surface area (Å²) in [5.74, 6) is -0.300. The summed E-state index contributed by atoms with van der Waals surface area (Å²) in [6.45, 7) is 2.27. The number of anilines is 2. The Morgan fingerprint density at radius 2 is 1.77 bits per heavy atom. The first kappa shape index (κ1) is 19.2. The van der Waals surface area contributed by atoms with E-state index in [0.29, 0.717) is 22.4 Å². The van der Waals surface area contributed by atoms with Crippen LogP contribution < -0.4 is 10.2 Å². The number of nitrogens with one attached hydrogen (secondary N) is 1. The smallest absolute Gasteiger partial charge is 0.272 e. The first-order valence-electron chi connectivity index (χ1n) is 9.98. The molecular formula is C23H19F2N5O. The van der Waals surface area contributed by atoms with Gasteiger partial charge in [-0.25, -0.2) is 18.7 Å². The van der Waals surface area contributed by atoms with Gasteiger partial charge in [0.2, 0.25) is 0 Å². The molecule has 1 aliphatic heterocycles. The predicted octanol–water partition coefficient (Wildman–Crippen LogP) is 4.22. The molecule has 0 saturated carbocycles. The fourth-order valence-corrected chi connectivity index (χ4v) is 3.63. The van der Waals surface area contributed by atoms with Crippen molar-refractivity contribution >= 4 is 28.4 Å². The minimum Gasteiger partial charge on any atom is -0.356 e. The molecule has 8 heteroatoms. The van der Waals surface area contributed by atoms with E-state index in [-0.39, 0.29) is 18.3 Å². The van der Waals surface area contributed by atoms with Crippen molar-refractivity contribution in [3.8, 4) is 0 Å². The van der Waals surface area contributed by atoms with Gasteiger partial charge in [-0.3, -0.25) is 4.79 Å². The molecule has 0 radical (unpaired) electrons. The summed E-state index contributed by atoms with van der Waals surface area (Å²) in [4.78, 5) is 23.8. The zero-order valence-electron chi connectivity index (χ0n) is 16.6. The molecule has 4 heterocycles. The van der Waals surface area contributed by atoms with E-state index in [4.69, 9.17) is 0 Å². The number of pyridine rings is 2. The highest BCUT2D eigenvalue weighted by Gasteiger charge is 2.19. The zero-order valence-corrected chi connectivity index (χ0v) is 16.6. The van der Waals surface area contributed by atoms with Crippen molar-refractivity contribution in [2.45, 2.75) is 13.0 Å². The molecule has 1 aliphatic rings. The minimum atomic E-state index is -0.482. The lowest BCUT2D eigenvalue weighted by Crippen LogP contribution is -2.37. The highest BCUT2D eigenvalue weighted by molar-refractivity contribution is 6.06. The van der Waals surface area contributed by atoms with Crippen LogP contribution in [-0.2, 0) is 6.54 Å². The fraction of sp³-hybridized carbons (Fsp3) is 0.174. The highest BCUT2D eigenvalue weighted by atomic mass is 19.1. The fourth-order valence-electron chi connectivity index (χ4n) is 3.63. The number of benzene rings is 1. The summed E-state index contributed by atoms with van der Waals surface area (Å²) < 4.78 is 28.7. The molecule has 1 N–H and O–H groups in total. The van der Waals surface area contributed by atoms with E-state index in [1.807, 2.05) is 12.1 Å². The first-order valence-corrected chi connectivity index (χ1v) is 9.98. The molecule has 1 saturated heterocycles. The van der Waals surface area contributed by atoms with E-state index in [1.165, 1.54) is 18.2 Å². The number of aromatic nitrogens is 3. The topological polar surface area (TPSA) is 63.1 Å². The van der Waals surface area contributed by atoms with Crippen LogP contribution >= 0.6 is 0 Å². The van der Waals surface area contributed by atoms with Gasteiger partial charge in [0.15, 0.2) is 0 Å². The van der Waals surface area contributed by atoms with Crippen LogP contribution in [0.15, 0.2) is 60.9 Å². The number of carbonyl (C=O) groups is 1. The maximum absolute atomic E-state index is 13.7. The molecule has 31 heavy (non-hydrogen) atoms. The van der Waals surface area contributed by atoms with Gasteiger partial charge in [0.25, 0.3) is 5.91 Å². The third-order valence-electron chi connectivity index (χ3n) is 5.37. The van der Waals surface area contributed by atoms with Crippen LogP contribution in [0, 0.1) is 11.6 Å². The van der Waals surface area contributed by atoms with Gasteiger partial charge < -0.3 is 14.8 Å². The van der Waals surface area contributed by atoms with Gasteiger partial charge in [0.1, 0.15) is 28.8 Å². The normalized spacial score (nSPS) is 13.3. The zero-order chi connectivity index (χ0) is 21.4. The SMILES string of the molecule is O=C(Nc1ccc(N2CCC2)nc1)c1cc2cc(F)cnc2n1Cc1ccc(F)cc1. The van der Waals surface area contributed by atoms with Crippen molar-refractivity contribution in [1.29, 1.82) is 0 Å². The quantitative estimate of drug-likeness (QED) is 0.526. The van der Waals surface area contributed by atoms with Crippen molar-refractivity contribution in [3.63, 3.8) is 0 Å². The van der Waals surface area contributed by atoms with Gasteiger partial charge in [-0.05, 0) is 48.4 Å². The van der Waals surface area contributed by atoms with Crippen LogP contribution in [0.25, 0.3) is 11.0 Å². The van der Waals surface area contributed by atoms with Gasteiger partial charge in [0, 0.05) is 25.0 Å². The van der Waals surface area contributed by atoms with Gasteiger partial charge in [-0.15, -0.1) is 0 Å². The molecular weight excluding hydrogens is 400 g/mol. The van der Waals surface area contributed by atoms with Crippen LogP contribution in [0.1, 0.15) is 22.5 Å². The van der Waals surface area contributed by atoms with E-state index in [0.717, 1.165) is 37.1 Å². The Labute approximate surface area is 177 Å². The summed E-state index contributed by atoms with van der Waals surface area (Å²) in [5.41, 5.74) is 2.15. The Morgan fingerprint density at radius 3 is 2.45 bits per heavy atom. The lowest BCUT2D eigenvalue weighted by atomic mass is 10.2. The van der Waals surface area contributed by atoms with Gasteiger partial charge in [-0.1, -0.05) is 12.1 Å². The number of hydrogen-bond donors (Lipinski definition) is 1. The molecule has 1 amide bonds. The van der Waals surface area contributed by atoms with Crippen LogP contribution in [0.3, 0.4) is 0 Å². The Kier molecular flexibility index (Phi) is 4.82. The number of amides is 1. The van der Waals surface area contributed by atoms with E-state index in [9.17, 15) is 13.6 Å². The summed E-state index contributed by atoms with van der Waals surface area (Å²) in [5, 5.41) is 3.36. The maximum Gasteiger partial charge on any atom is 0.272 e. The number of halogens is 2. The van der Waals surface area contributed by atoms with Gasteiger partial charge in [-0.2, -0.15) is 0 Å². The van der Waals surface area contributed by atoms with Crippen molar-refractivity contribution in [3.05, 3.63) is 83.8 Å². The van der Waals surface area contributed by atoms with Crippen LogP contribution in [0.4, 0.5) is 20.3 Å². The molecule has 1 aromatic carbocycles. The lowest BCUT2D eigenvalue weighted by Gasteiger charge is -2.31. The molecule has 0 bridgehead atoms. The number of hydrogen-bond acceptors (Lipinski definition) is 4. The third kappa shape index (κ3) is 3.84. The van der Waals surface area contributed by atoms with Crippen LogP contribution in [0.2, 0.25) is 0 Å². The number of fused-ring (bicyclic) bond motifs is 1. The summed E-state index contributed by atoms with van der Waals surface area (Å²) in [6, 6.07) is 12.6. The van der Waals surface area contributed by atoms with E-state index in [2.05, 4.69) is 20.2 Å². The molecule has 156 valence electrons. The van der Waals surface area contributed by atoms with Crippen molar-refractivity contribution < 1.29 is 13.6 Å². The highest BCUT2D eigenvalue weighted by Crippen LogP contribution is 2.23. The molecule has 3 aromatic heterocycles. The number of carbonyl (C=O) groups excluding carboxylic acids is 1. The maximum atomic E-state index is 13.7. The van der Waals surface area contributed by atoms with E-state index in [1.54, 1.807) is 29.0 Å². The summed E-state index contributed by atoms with van der Waals surface area (Å²) in [6.07, 6.45) is 3.90. The predicted molar refractivity (Wildman–Crippen MR) is 114 cm³/mol. The van der Waals surface area contributed by atoms with Crippen molar-refractivity contribution in [2.24, 2.45) is 0 Å². The summed E-state index contributed by atoms with van der Waals surface area (Å²) >= 11 is 0. The van der Waals surface area contributed by atoms with E-state index >= 15 is 0 Å². The van der Waals surface area contributed by atoms with Crippen LogP contribution in [-0.4, -0.2) is 33.5 Å². The second-order valence-corrected chi connectivity index (χ2v) is 7.51. The molecule has 0 aliphatic carbocycles. The van der Waals surface area contributed by atoms with E-state index < -0.39 is 5.82 Å². The van der Waals surface area contributed by atoms with Crippen molar-refractivity contribution in [1.82, 2.24) is 14.5 Å². The average Bonchev–Trinajstić information content (AvgIpc) is 3.07. The molecule has 5 rings (SSSR count). The Hall–Kier alpha value is -3.81. The van der Waals surface area contributed by atoms with Gasteiger partial charge >= 0.3 is 0 Å². The Bertz CT molecular complexity index is 1250. The van der Waals surface area contributed by atoms with Gasteiger partial charge in [0.05, 0.1) is 18.1 Å². The molecule has 6 nitrogen and oxygen atoms in total.